The van der Waals surface area contributed by atoms with E-state index < -0.39 is 42.4 Å². The molecule has 0 aliphatic carbocycles. The summed E-state index contributed by atoms with van der Waals surface area (Å²) in [4.78, 5) is 53.7. The van der Waals surface area contributed by atoms with E-state index in [4.69, 9.17) is 34.4 Å². The zero-order valence-corrected chi connectivity index (χ0v) is 26.6. The van der Waals surface area contributed by atoms with Crippen molar-refractivity contribution in [2.24, 2.45) is 0 Å². The second-order valence-electron chi connectivity index (χ2n) is 10.3. The number of alkyl halides is 6. The van der Waals surface area contributed by atoms with Crippen LogP contribution in [0.15, 0.2) is 66.9 Å². The van der Waals surface area contributed by atoms with E-state index in [1.807, 2.05) is 60.7 Å². The number of H-pyrrole nitrogens is 1. The van der Waals surface area contributed by atoms with Crippen LogP contribution in [-0.4, -0.2) is 73.7 Å². The standard InChI is InChI=1S/C28H30N4O5.2C2HF3O2/c1-36-27-21(16-20-12-8-9-13-22(20)31-27)24-17-29-26(30-24)23(14-6-3-7-15-25(33)34)32-28(35)37-18-19-10-4-2-5-11-19;2*3-2(4,5)1(6)7/h2,4-5,8-13,16-17,23H,3,6-7,14-15,18H2,1H3,(H,29,30)(H,32,35)(H,33,34);2*(H,6,7)/t23-;;/m0../s1. The molecule has 51 heavy (non-hydrogen) atoms. The monoisotopic (exact) mass is 730 g/mol. The largest absolute Gasteiger partial charge is 0.490 e. The molecule has 0 saturated carbocycles. The molecule has 276 valence electrons. The third kappa shape index (κ3) is 14.6. The molecule has 0 aliphatic rings. The van der Waals surface area contributed by atoms with Crippen LogP contribution in [-0.2, 0) is 25.7 Å². The number of nitrogens with zero attached hydrogens (tertiary/aromatic N) is 2. The number of benzene rings is 2. The molecule has 4 aromatic rings. The number of carbonyl (C=O) groups is 4. The molecule has 1 amide bonds. The van der Waals surface area contributed by atoms with Gasteiger partial charge in [0.2, 0.25) is 5.88 Å². The van der Waals surface area contributed by atoms with Crippen molar-refractivity contribution in [1.29, 1.82) is 0 Å². The molecule has 0 radical (unpaired) electrons. The minimum Gasteiger partial charge on any atom is -0.481 e. The van der Waals surface area contributed by atoms with Crippen molar-refractivity contribution in [2.75, 3.05) is 7.11 Å². The fourth-order valence-electron chi connectivity index (χ4n) is 4.08. The number of imidazole rings is 1. The van der Waals surface area contributed by atoms with Crippen LogP contribution < -0.4 is 10.1 Å². The summed E-state index contributed by atoms with van der Waals surface area (Å²) in [6, 6.07) is 18.8. The molecule has 5 N–H and O–H groups in total. The van der Waals surface area contributed by atoms with Crippen LogP contribution in [0.3, 0.4) is 0 Å². The van der Waals surface area contributed by atoms with Crippen molar-refractivity contribution in [2.45, 2.75) is 57.1 Å². The normalized spacial score (nSPS) is 11.6. The van der Waals surface area contributed by atoms with Crippen LogP contribution in [0.5, 0.6) is 5.88 Å². The first-order chi connectivity index (χ1) is 23.9. The summed E-state index contributed by atoms with van der Waals surface area (Å²) in [5.41, 5.74) is 3.18. The van der Waals surface area contributed by atoms with Crippen molar-refractivity contribution < 1.29 is 70.3 Å². The Morgan fingerprint density at radius 3 is 2.02 bits per heavy atom. The number of alkyl carbamates (subject to hydrolysis) is 1. The number of nitrogens with one attached hydrogen (secondary N) is 2. The zero-order chi connectivity index (χ0) is 38.2. The number of fused-ring (bicyclic) bond motifs is 1. The van der Waals surface area contributed by atoms with E-state index in [0.29, 0.717) is 36.7 Å². The van der Waals surface area contributed by atoms with E-state index in [0.717, 1.165) is 28.5 Å². The number of aliphatic carboxylic acids is 3. The summed E-state index contributed by atoms with van der Waals surface area (Å²) < 4.78 is 74.4. The molecule has 1 atom stereocenters. The van der Waals surface area contributed by atoms with Crippen molar-refractivity contribution in [3.05, 3.63) is 78.2 Å². The number of carboxylic acids is 3. The van der Waals surface area contributed by atoms with Crippen molar-refractivity contribution in [3.63, 3.8) is 0 Å². The minimum absolute atomic E-state index is 0.122. The van der Waals surface area contributed by atoms with Crippen LogP contribution in [0.4, 0.5) is 31.1 Å². The number of aromatic nitrogens is 3. The number of rotatable bonds is 12. The fraction of sp³-hybridized carbons (Fsp3) is 0.312. The van der Waals surface area contributed by atoms with E-state index in [1.165, 1.54) is 0 Å². The predicted octanol–water partition coefficient (Wildman–Crippen LogP) is 6.90. The third-order valence-corrected chi connectivity index (χ3v) is 6.47. The first-order valence-electron chi connectivity index (χ1n) is 14.7. The van der Waals surface area contributed by atoms with Gasteiger partial charge in [0.05, 0.1) is 36.1 Å². The molecular formula is C32H32F6N4O9. The van der Waals surface area contributed by atoms with Gasteiger partial charge in [-0.15, -0.1) is 0 Å². The number of para-hydroxylation sites is 1. The number of carboxylic acid groups (broad SMARTS) is 3. The number of hydrogen-bond donors (Lipinski definition) is 5. The highest BCUT2D eigenvalue weighted by molar-refractivity contribution is 5.85. The van der Waals surface area contributed by atoms with Gasteiger partial charge in [0.25, 0.3) is 0 Å². The molecule has 4 rings (SSSR count). The van der Waals surface area contributed by atoms with Gasteiger partial charge in [-0.25, -0.2) is 24.4 Å². The van der Waals surface area contributed by atoms with Crippen LogP contribution in [0, 0.1) is 0 Å². The molecule has 0 bridgehead atoms. The number of aromatic amines is 1. The van der Waals surface area contributed by atoms with Crippen molar-refractivity contribution >= 4 is 34.9 Å². The van der Waals surface area contributed by atoms with Gasteiger partial charge < -0.3 is 35.1 Å². The lowest BCUT2D eigenvalue weighted by atomic mass is 10.1. The SMILES string of the molecule is COc1nc2ccccc2cc1-c1cnc([C@H](CCCCCC(=O)O)NC(=O)OCc2ccccc2)[nH]1.O=C(O)C(F)(F)F.O=C(O)C(F)(F)F. The van der Waals surface area contributed by atoms with Crippen molar-refractivity contribution in [3.8, 4) is 17.1 Å². The average Bonchev–Trinajstić information content (AvgIpc) is 3.56. The van der Waals surface area contributed by atoms with Gasteiger partial charge in [0, 0.05) is 11.8 Å². The lowest BCUT2D eigenvalue weighted by Crippen LogP contribution is -2.30. The lowest BCUT2D eigenvalue weighted by molar-refractivity contribution is -0.193. The summed E-state index contributed by atoms with van der Waals surface area (Å²) >= 11 is 0. The summed E-state index contributed by atoms with van der Waals surface area (Å²) in [5, 5.41) is 27.0. The van der Waals surface area contributed by atoms with Crippen molar-refractivity contribution in [1.82, 2.24) is 20.3 Å². The maximum absolute atomic E-state index is 12.6. The second-order valence-corrected chi connectivity index (χ2v) is 10.3. The number of unbranched alkanes of at least 4 members (excludes halogenated alkanes) is 2. The number of carbonyl (C=O) groups excluding carboxylic acids is 1. The highest BCUT2D eigenvalue weighted by Crippen LogP contribution is 2.31. The Balaban J connectivity index is 0.000000543. The molecule has 0 spiro atoms. The number of amides is 1. The molecule has 0 aliphatic heterocycles. The Labute approximate surface area is 285 Å². The molecule has 2 heterocycles. The van der Waals surface area contributed by atoms with Gasteiger partial charge in [-0.1, -0.05) is 61.4 Å². The summed E-state index contributed by atoms with van der Waals surface area (Å²) in [6.45, 7) is 0.154. The van der Waals surface area contributed by atoms with Gasteiger partial charge in [-0.05, 0) is 30.5 Å². The molecule has 0 saturated heterocycles. The summed E-state index contributed by atoms with van der Waals surface area (Å²) in [6.07, 6.45) is -6.33. The number of methoxy groups -OCH3 is 1. The Bertz CT molecular complexity index is 1720. The molecule has 2 aromatic heterocycles. The van der Waals surface area contributed by atoms with Gasteiger partial charge >= 0.3 is 36.4 Å². The van der Waals surface area contributed by atoms with E-state index in [-0.39, 0.29) is 13.0 Å². The lowest BCUT2D eigenvalue weighted by Gasteiger charge is -2.17. The second kappa shape index (κ2) is 19.3. The van der Waals surface area contributed by atoms with Gasteiger partial charge in [-0.3, -0.25) is 4.79 Å². The maximum Gasteiger partial charge on any atom is 0.490 e. The molecular weight excluding hydrogens is 698 g/mol. The number of hydrogen-bond acceptors (Lipinski definition) is 8. The third-order valence-electron chi connectivity index (χ3n) is 6.47. The first-order valence-corrected chi connectivity index (χ1v) is 14.7. The van der Waals surface area contributed by atoms with Crippen LogP contribution >= 0.6 is 0 Å². The highest BCUT2D eigenvalue weighted by Gasteiger charge is 2.38. The number of pyridine rings is 1. The first kappa shape index (κ1) is 41.3. The van der Waals surface area contributed by atoms with E-state index in [9.17, 15) is 35.9 Å². The van der Waals surface area contributed by atoms with Gasteiger partial charge in [-0.2, -0.15) is 26.3 Å². The van der Waals surface area contributed by atoms with Crippen LogP contribution in [0.25, 0.3) is 22.2 Å². The average molecular weight is 731 g/mol. The quantitative estimate of drug-likeness (QED) is 0.0750. The fourth-order valence-corrected chi connectivity index (χ4v) is 4.08. The molecule has 13 nitrogen and oxygen atoms in total. The smallest absolute Gasteiger partial charge is 0.481 e. The Hall–Kier alpha value is -5.88. The van der Waals surface area contributed by atoms with E-state index in [2.05, 4.69) is 20.3 Å². The van der Waals surface area contributed by atoms with E-state index >= 15 is 0 Å². The molecule has 2 aromatic carbocycles. The number of halogens is 6. The highest BCUT2D eigenvalue weighted by atomic mass is 19.4. The zero-order valence-electron chi connectivity index (χ0n) is 26.6. The van der Waals surface area contributed by atoms with E-state index in [1.54, 1.807) is 13.3 Å². The summed E-state index contributed by atoms with van der Waals surface area (Å²) in [5.74, 6) is -5.29. The number of ether oxygens (including phenoxy) is 2. The Morgan fingerprint density at radius 2 is 1.45 bits per heavy atom. The van der Waals surface area contributed by atoms with Crippen LogP contribution in [0.2, 0.25) is 0 Å². The minimum atomic E-state index is -5.08. The molecule has 19 heteroatoms. The maximum atomic E-state index is 12.6. The Kier molecular flexibility index (Phi) is 15.7. The topological polar surface area (TPSA) is 201 Å². The predicted molar refractivity (Wildman–Crippen MR) is 166 cm³/mol. The molecule has 0 fully saturated rings. The van der Waals surface area contributed by atoms with Gasteiger partial charge in [0.1, 0.15) is 12.4 Å². The van der Waals surface area contributed by atoms with Gasteiger partial charge in [0.15, 0.2) is 0 Å². The molecule has 0 unspecified atom stereocenters. The van der Waals surface area contributed by atoms with Crippen LogP contribution in [0.1, 0.15) is 49.5 Å². The Morgan fingerprint density at radius 1 is 0.863 bits per heavy atom. The summed E-state index contributed by atoms with van der Waals surface area (Å²) in [7, 11) is 1.57.